The Morgan fingerprint density at radius 1 is 1.41 bits per heavy atom. The van der Waals surface area contributed by atoms with Crippen molar-refractivity contribution < 1.29 is 14.7 Å². The summed E-state index contributed by atoms with van der Waals surface area (Å²) in [5, 5.41) is 11.6. The number of carboxylic acid groups (broad SMARTS) is 1. The van der Waals surface area contributed by atoms with Crippen LogP contribution in [0.25, 0.3) is 0 Å². The molecule has 0 radical (unpaired) electrons. The molecule has 0 unspecified atom stereocenters. The van der Waals surface area contributed by atoms with Crippen molar-refractivity contribution in [3.8, 4) is 0 Å². The van der Waals surface area contributed by atoms with E-state index in [1.165, 1.54) is 12.3 Å². The van der Waals surface area contributed by atoms with Crippen LogP contribution in [0, 0.1) is 0 Å². The van der Waals surface area contributed by atoms with Gasteiger partial charge in [0.2, 0.25) is 0 Å². The van der Waals surface area contributed by atoms with Gasteiger partial charge in [-0.25, -0.2) is 4.79 Å². The van der Waals surface area contributed by atoms with Crippen LogP contribution in [-0.2, 0) is 4.79 Å². The lowest BCUT2D eigenvalue weighted by Gasteiger charge is -2.14. The second-order valence-corrected chi connectivity index (χ2v) is 5.44. The zero-order chi connectivity index (χ0) is 16.5. The summed E-state index contributed by atoms with van der Waals surface area (Å²) in [5.41, 5.74) is 10.5. The smallest absolute Gasteiger partial charge is 0.326 e. The van der Waals surface area contributed by atoms with Crippen LogP contribution < -0.4 is 16.8 Å². The molecular formula is C13H18BrN5O3. The zero-order valence-corrected chi connectivity index (χ0v) is 13.4. The van der Waals surface area contributed by atoms with Crippen LogP contribution in [0.4, 0.5) is 0 Å². The first-order valence-corrected chi connectivity index (χ1v) is 7.40. The van der Waals surface area contributed by atoms with E-state index in [1.807, 2.05) is 0 Å². The van der Waals surface area contributed by atoms with Gasteiger partial charge in [-0.1, -0.05) is 15.9 Å². The van der Waals surface area contributed by atoms with Crippen molar-refractivity contribution >= 4 is 33.8 Å². The summed E-state index contributed by atoms with van der Waals surface area (Å²) in [6.45, 7) is 0.426. The predicted octanol–water partition coefficient (Wildman–Crippen LogP) is 0.471. The Hall–Kier alpha value is -2.16. The highest BCUT2D eigenvalue weighted by Gasteiger charge is 2.20. The number of nitrogens with two attached hydrogens (primary N) is 2. The molecule has 0 aromatic carbocycles. The molecule has 0 bridgehead atoms. The van der Waals surface area contributed by atoms with Gasteiger partial charge in [0.1, 0.15) is 11.7 Å². The molecule has 8 nitrogen and oxygen atoms in total. The fourth-order valence-corrected chi connectivity index (χ4v) is 2.02. The Morgan fingerprint density at radius 3 is 2.73 bits per heavy atom. The highest BCUT2D eigenvalue weighted by atomic mass is 79.9. The van der Waals surface area contributed by atoms with Crippen LogP contribution in [0.5, 0.6) is 0 Å². The Kier molecular flexibility index (Phi) is 7.30. The number of aliphatic carboxylic acids is 1. The highest BCUT2D eigenvalue weighted by Crippen LogP contribution is 2.10. The summed E-state index contributed by atoms with van der Waals surface area (Å²) < 4.78 is 0.691. The molecular weight excluding hydrogens is 354 g/mol. The Balaban J connectivity index is 2.52. The maximum absolute atomic E-state index is 12.0. The number of carboxylic acids is 1. The summed E-state index contributed by atoms with van der Waals surface area (Å²) in [7, 11) is 0. The number of halogens is 1. The van der Waals surface area contributed by atoms with Crippen LogP contribution in [-0.4, -0.2) is 40.5 Å². The van der Waals surface area contributed by atoms with Crippen LogP contribution >= 0.6 is 15.9 Å². The molecule has 0 aliphatic rings. The molecule has 1 aromatic heterocycles. The van der Waals surface area contributed by atoms with Gasteiger partial charge in [-0.2, -0.15) is 0 Å². The first-order valence-electron chi connectivity index (χ1n) is 6.60. The first-order chi connectivity index (χ1) is 10.4. The van der Waals surface area contributed by atoms with Crippen LogP contribution in [0.3, 0.4) is 0 Å². The van der Waals surface area contributed by atoms with E-state index in [1.54, 1.807) is 6.07 Å². The molecule has 1 amide bonds. The number of hydrogen-bond donors (Lipinski definition) is 4. The van der Waals surface area contributed by atoms with Crippen molar-refractivity contribution in [3.05, 3.63) is 28.5 Å². The number of unbranched alkanes of at least 4 members (excludes halogenated alkanes) is 1. The third kappa shape index (κ3) is 6.53. The number of nitrogens with zero attached hydrogens (tertiary/aromatic N) is 2. The van der Waals surface area contributed by atoms with Crippen molar-refractivity contribution in [1.29, 1.82) is 0 Å². The quantitative estimate of drug-likeness (QED) is 0.297. The van der Waals surface area contributed by atoms with Gasteiger partial charge in [0.25, 0.3) is 5.91 Å². The van der Waals surface area contributed by atoms with Crippen molar-refractivity contribution in [2.75, 3.05) is 6.54 Å². The second kappa shape index (κ2) is 8.98. The van der Waals surface area contributed by atoms with Gasteiger partial charge in [-0.15, -0.1) is 0 Å². The molecule has 120 valence electrons. The zero-order valence-electron chi connectivity index (χ0n) is 11.8. The number of nitrogens with one attached hydrogen (secondary N) is 1. The molecule has 9 heteroatoms. The van der Waals surface area contributed by atoms with Gasteiger partial charge in [0.15, 0.2) is 5.96 Å². The molecule has 1 rings (SSSR count). The van der Waals surface area contributed by atoms with E-state index >= 15 is 0 Å². The topological polar surface area (TPSA) is 144 Å². The molecule has 0 saturated carbocycles. The minimum atomic E-state index is -1.09. The minimum absolute atomic E-state index is 0.00353. The van der Waals surface area contributed by atoms with Crippen LogP contribution in [0.1, 0.15) is 29.8 Å². The second-order valence-electron chi connectivity index (χ2n) is 4.53. The van der Waals surface area contributed by atoms with E-state index in [2.05, 4.69) is 31.2 Å². The molecule has 1 heterocycles. The van der Waals surface area contributed by atoms with Gasteiger partial charge in [0, 0.05) is 17.2 Å². The molecule has 0 aliphatic heterocycles. The number of amides is 1. The highest BCUT2D eigenvalue weighted by molar-refractivity contribution is 9.10. The molecule has 6 N–H and O–H groups in total. The van der Waals surface area contributed by atoms with Gasteiger partial charge in [-0.3, -0.25) is 14.8 Å². The molecule has 0 spiro atoms. The average Bonchev–Trinajstić information content (AvgIpc) is 2.45. The largest absolute Gasteiger partial charge is 0.480 e. The molecule has 0 fully saturated rings. The summed E-state index contributed by atoms with van der Waals surface area (Å²) in [5.74, 6) is -1.62. The number of rotatable bonds is 8. The lowest BCUT2D eigenvalue weighted by Crippen LogP contribution is -2.41. The maximum Gasteiger partial charge on any atom is 0.326 e. The van der Waals surface area contributed by atoms with Gasteiger partial charge >= 0.3 is 5.97 Å². The third-order valence-corrected chi connectivity index (χ3v) is 3.25. The molecule has 1 aromatic rings. The summed E-state index contributed by atoms with van der Waals surface area (Å²) in [6.07, 6.45) is 2.95. The van der Waals surface area contributed by atoms with Gasteiger partial charge in [0.05, 0.1) is 0 Å². The molecule has 0 saturated heterocycles. The number of aromatic nitrogens is 1. The first kappa shape index (κ1) is 17.9. The summed E-state index contributed by atoms with van der Waals surface area (Å²) in [4.78, 5) is 30.9. The SMILES string of the molecule is NC(N)=NCCCC[C@H](NC(=O)c1cc(Br)ccn1)C(=O)O. The number of carbonyl (C=O) groups excluding carboxylic acids is 1. The van der Waals surface area contributed by atoms with E-state index in [0.717, 1.165) is 0 Å². The van der Waals surface area contributed by atoms with Crippen molar-refractivity contribution in [1.82, 2.24) is 10.3 Å². The van der Waals surface area contributed by atoms with E-state index in [-0.39, 0.29) is 18.1 Å². The number of aliphatic imine (C=N–C) groups is 1. The lowest BCUT2D eigenvalue weighted by molar-refractivity contribution is -0.139. The normalized spacial score (nSPS) is 11.5. The molecule has 1 atom stereocenters. The monoisotopic (exact) mass is 371 g/mol. The van der Waals surface area contributed by atoms with E-state index in [9.17, 15) is 9.59 Å². The van der Waals surface area contributed by atoms with Crippen molar-refractivity contribution in [2.45, 2.75) is 25.3 Å². The summed E-state index contributed by atoms with van der Waals surface area (Å²) >= 11 is 3.23. The van der Waals surface area contributed by atoms with Crippen molar-refractivity contribution in [3.63, 3.8) is 0 Å². The Bertz CT molecular complexity index is 560. The molecule has 22 heavy (non-hydrogen) atoms. The fourth-order valence-electron chi connectivity index (χ4n) is 1.69. The van der Waals surface area contributed by atoms with E-state index < -0.39 is 17.9 Å². The van der Waals surface area contributed by atoms with E-state index in [4.69, 9.17) is 16.6 Å². The number of pyridine rings is 1. The van der Waals surface area contributed by atoms with E-state index in [0.29, 0.717) is 23.9 Å². The van der Waals surface area contributed by atoms with Gasteiger partial charge in [-0.05, 0) is 31.4 Å². The van der Waals surface area contributed by atoms with Crippen LogP contribution in [0.2, 0.25) is 0 Å². The van der Waals surface area contributed by atoms with Crippen molar-refractivity contribution in [2.24, 2.45) is 16.5 Å². The lowest BCUT2D eigenvalue weighted by atomic mass is 10.1. The minimum Gasteiger partial charge on any atom is -0.480 e. The Morgan fingerprint density at radius 2 is 2.14 bits per heavy atom. The standard InChI is InChI=1S/C13H18BrN5O3/c14-8-4-6-17-10(7-8)11(20)19-9(12(21)22)3-1-2-5-18-13(15)16/h4,6-7,9H,1-3,5H2,(H,19,20)(H,21,22)(H4,15,16,18)/t9-/m0/s1. The average molecular weight is 372 g/mol. The maximum atomic E-state index is 12.0. The predicted molar refractivity (Wildman–Crippen MR) is 85.4 cm³/mol. The number of hydrogen-bond acceptors (Lipinski definition) is 4. The Labute approximate surface area is 136 Å². The number of guanidine groups is 1. The fraction of sp³-hybridized carbons (Fsp3) is 0.385. The summed E-state index contributed by atoms with van der Waals surface area (Å²) in [6, 6.07) is 2.22. The molecule has 0 aliphatic carbocycles. The van der Waals surface area contributed by atoms with Gasteiger partial charge < -0.3 is 21.9 Å². The number of carbonyl (C=O) groups is 2. The third-order valence-electron chi connectivity index (χ3n) is 2.75. The van der Waals surface area contributed by atoms with Crippen LogP contribution in [0.15, 0.2) is 27.8 Å².